The largest absolute Gasteiger partial charge is 0.351 e. The van der Waals surface area contributed by atoms with E-state index >= 15 is 0 Å². The topological polar surface area (TPSA) is 67.2 Å². The molecule has 2 rings (SSSR count). The summed E-state index contributed by atoms with van der Waals surface area (Å²) < 4.78 is 1.29. The summed E-state index contributed by atoms with van der Waals surface area (Å²) in [6.45, 7) is 1.40. The van der Waals surface area contributed by atoms with Crippen molar-refractivity contribution in [2.45, 2.75) is 0 Å². The fourth-order valence-corrected chi connectivity index (χ4v) is 1.94. The van der Waals surface area contributed by atoms with Crippen LogP contribution in [0.1, 0.15) is 10.4 Å². The molecule has 0 atom stereocenters. The lowest BCUT2D eigenvalue weighted by Crippen LogP contribution is -2.31. The first-order valence-corrected chi connectivity index (χ1v) is 7.05. The fraction of sp³-hybridized carbons (Fsp3) is 0.312. The number of likely N-dealkylation sites (N-methyl/N-ethyl adjacent to an activating group) is 1. The van der Waals surface area contributed by atoms with E-state index in [0.717, 1.165) is 12.1 Å². The minimum absolute atomic E-state index is 0.0955. The summed E-state index contributed by atoms with van der Waals surface area (Å²) in [5, 5.41) is 7.05. The number of hydrogen-bond acceptors (Lipinski definition) is 4. The van der Waals surface area contributed by atoms with Gasteiger partial charge >= 0.3 is 0 Å². The standard InChI is InChI=1S/C16H20N4O2/c1-19(2)11-10-17-16(22)13-6-4-12(5-7-13)14-8-9-15(21)20(3)18-14/h4-9H,10-11H2,1-3H3,(H,17,22). The molecule has 1 aromatic heterocycles. The molecule has 116 valence electrons. The van der Waals surface area contributed by atoms with E-state index in [2.05, 4.69) is 10.4 Å². The molecule has 0 aliphatic rings. The summed E-state index contributed by atoms with van der Waals surface area (Å²) in [6, 6.07) is 10.3. The molecule has 0 saturated heterocycles. The first-order valence-electron chi connectivity index (χ1n) is 7.05. The van der Waals surface area contributed by atoms with Crippen LogP contribution < -0.4 is 10.9 Å². The van der Waals surface area contributed by atoms with Crippen molar-refractivity contribution >= 4 is 5.91 Å². The van der Waals surface area contributed by atoms with Gasteiger partial charge in [0.05, 0.1) is 5.69 Å². The minimum Gasteiger partial charge on any atom is -0.351 e. The summed E-state index contributed by atoms with van der Waals surface area (Å²) in [7, 11) is 5.53. The number of aryl methyl sites for hydroxylation is 1. The molecule has 0 spiro atoms. The average Bonchev–Trinajstić information content (AvgIpc) is 2.50. The van der Waals surface area contributed by atoms with Crippen molar-refractivity contribution in [1.82, 2.24) is 20.0 Å². The van der Waals surface area contributed by atoms with Crippen LogP contribution in [0.3, 0.4) is 0 Å². The summed E-state index contributed by atoms with van der Waals surface area (Å²) in [5.41, 5.74) is 2.01. The van der Waals surface area contributed by atoms with Crippen LogP contribution in [0, 0.1) is 0 Å². The van der Waals surface area contributed by atoms with Crippen LogP contribution in [-0.2, 0) is 7.05 Å². The average molecular weight is 300 g/mol. The number of benzene rings is 1. The normalized spacial score (nSPS) is 10.7. The molecule has 1 N–H and O–H groups in total. The van der Waals surface area contributed by atoms with Gasteiger partial charge < -0.3 is 10.2 Å². The predicted octanol–water partition coefficient (Wildman–Crippen LogP) is 0.739. The van der Waals surface area contributed by atoms with Crippen molar-refractivity contribution in [2.24, 2.45) is 7.05 Å². The number of aromatic nitrogens is 2. The van der Waals surface area contributed by atoms with Crippen molar-refractivity contribution in [3.05, 3.63) is 52.3 Å². The third-order valence-corrected chi connectivity index (χ3v) is 3.25. The Balaban J connectivity index is 2.08. The van der Waals surface area contributed by atoms with Crippen LogP contribution in [0.15, 0.2) is 41.2 Å². The van der Waals surface area contributed by atoms with E-state index in [9.17, 15) is 9.59 Å². The maximum Gasteiger partial charge on any atom is 0.266 e. The number of nitrogens with zero attached hydrogens (tertiary/aromatic N) is 3. The first kappa shape index (κ1) is 15.9. The number of carbonyl (C=O) groups excluding carboxylic acids is 1. The van der Waals surface area contributed by atoms with E-state index in [1.165, 1.54) is 10.7 Å². The van der Waals surface area contributed by atoms with Crippen LogP contribution in [0.5, 0.6) is 0 Å². The van der Waals surface area contributed by atoms with Gasteiger partial charge in [-0.15, -0.1) is 0 Å². The van der Waals surface area contributed by atoms with Crippen molar-refractivity contribution in [3.63, 3.8) is 0 Å². The monoisotopic (exact) mass is 300 g/mol. The van der Waals surface area contributed by atoms with Crippen LogP contribution in [0.25, 0.3) is 11.3 Å². The molecule has 1 aromatic carbocycles. The zero-order valence-electron chi connectivity index (χ0n) is 13.0. The molecule has 0 aliphatic heterocycles. The van der Waals surface area contributed by atoms with Gasteiger partial charge in [-0.1, -0.05) is 12.1 Å². The van der Waals surface area contributed by atoms with Crippen molar-refractivity contribution in [3.8, 4) is 11.3 Å². The smallest absolute Gasteiger partial charge is 0.266 e. The van der Waals surface area contributed by atoms with Crippen LogP contribution >= 0.6 is 0 Å². The van der Waals surface area contributed by atoms with Crippen molar-refractivity contribution < 1.29 is 4.79 Å². The molecule has 0 fully saturated rings. The van der Waals surface area contributed by atoms with Gasteiger partial charge in [-0.3, -0.25) is 9.59 Å². The third kappa shape index (κ3) is 4.02. The lowest BCUT2D eigenvalue weighted by molar-refractivity contribution is 0.0951. The lowest BCUT2D eigenvalue weighted by Gasteiger charge is -2.10. The highest BCUT2D eigenvalue weighted by Crippen LogP contribution is 2.16. The van der Waals surface area contributed by atoms with Gasteiger partial charge in [0.2, 0.25) is 0 Å². The minimum atomic E-state index is -0.152. The Morgan fingerprint density at radius 1 is 1.18 bits per heavy atom. The van der Waals surface area contributed by atoms with Gasteiger partial charge in [0.15, 0.2) is 0 Å². The van der Waals surface area contributed by atoms with Crippen LogP contribution in [0.4, 0.5) is 0 Å². The number of nitrogens with one attached hydrogen (secondary N) is 1. The van der Waals surface area contributed by atoms with Gasteiger partial charge in [0.1, 0.15) is 0 Å². The maximum atomic E-state index is 12.0. The molecule has 0 unspecified atom stereocenters. The molecule has 0 bridgehead atoms. The molecular formula is C16H20N4O2. The first-order chi connectivity index (χ1) is 10.5. The Labute approximate surface area is 129 Å². The number of amides is 1. The predicted molar refractivity (Wildman–Crippen MR) is 85.8 cm³/mol. The molecule has 0 saturated carbocycles. The summed E-state index contributed by atoms with van der Waals surface area (Å²) in [5.74, 6) is -0.0955. The molecule has 1 heterocycles. The van der Waals surface area contributed by atoms with Crippen LogP contribution in [-0.4, -0.2) is 47.8 Å². The highest BCUT2D eigenvalue weighted by Gasteiger charge is 2.06. The Kier molecular flexibility index (Phi) is 5.06. The van der Waals surface area contributed by atoms with E-state index in [4.69, 9.17) is 0 Å². The van der Waals surface area contributed by atoms with Crippen molar-refractivity contribution in [2.75, 3.05) is 27.2 Å². The van der Waals surface area contributed by atoms with E-state index in [-0.39, 0.29) is 11.5 Å². The lowest BCUT2D eigenvalue weighted by atomic mass is 10.1. The molecule has 22 heavy (non-hydrogen) atoms. The second-order valence-electron chi connectivity index (χ2n) is 5.32. The zero-order valence-corrected chi connectivity index (χ0v) is 13.0. The highest BCUT2D eigenvalue weighted by molar-refractivity contribution is 5.94. The number of hydrogen-bond donors (Lipinski definition) is 1. The van der Waals surface area contributed by atoms with Gasteiger partial charge in [0, 0.05) is 37.3 Å². The molecule has 0 radical (unpaired) electrons. The molecular weight excluding hydrogens is 280 g/mol. The van der Waals surface area contributed by atoms with Gasteiger partial charge in [-0.25, -0.2) is 4.68 Å². The summed E-state index contributed by atoms with van der Waals surface area (Å²) in [4.78, 5) is 25.3. The second-order valence-corrected chi connectivity index (χ2v) is 5.32. The van der Waals surface area contributed by atoms with Gasteiger partial charge in [-0.2, -0.15) is 5.10 Å². The summed E-state index contributed by atoms with van der Waals surface area (Å²) >= 11 is 0. The third-order valence-electron chi connectivity index (χ3n) is 3.25. The number of carbonyl (C=O) groups is 1. The molecule has 0 aliphatic carbocycles. The maximum absolute atomic E-state index is 12.0. The van der Waals surface area contributed by atoms with E-state index in [1.807, 2.05) is 31.1 Å². The molecule has 1 amide bonds. The molecule has 2 aromatic rings. The second kappa shape index (κ2) is 7.00. The quantitative estimate of drug-likeness (QED) is 0.884. The van der Waals surface area contributed by atoms with Gasteiger partial charge in [-0.05, 0) is 32.3 Å². The zero-order chi connectivity index (χ0) is 16.1. The highest BCUT2D eigenvalue weighted by atomic mass is 16.1. The van der Waals surface area contributed by atoms with Gasteiger partial charge in [0.25, 0.3) is 11.5 Å². The molecule has 6 nitrogen and oxygen atoms in total. The Hall–Kier alpha value is -2.47. The Morgan fingerprint density at radius 2 is 1.86 bits per heavy atom. The fourth-order valence-electron chi connectivity index (χ4n) is 1.94. The Morgan fingerprint density at radius 3 is 2.45 bits per heavy atom. The van der Waals surface area contributed by atoms with E-state index in [0.29, 0.717) is 17.8 Å². The SMILES string of the molecule is CN(C)CCNC(=O)c1ccc(-c2ccc(=O)n(C)n2)cc1. The molecule has 6 heteroatoms. The Bertz CT molecular complexity index is 705. The van der Waals surface area contributed by atoms with Crippen molar-refractivity contribution in [1.29, 1.82) is 0 Å². The van der Waals surface area contributed by atoms with E-state index < -0.39 is 0 Å². The summed E-state index contributed by atoms with van der Waals surface area (Å²) in [6.07, 6.45) is 0. The van der Waals surface area contributed by atoms with E-state index in [1.54, 1.807) is 25.2 Å². The number of rotatable bonds is 5. The van der Waals surface area contributed by atoms with Crippen LogP contribution in [0.2, 0.25) is 0 Å².